The standard InChI is InChI=1S/C25H31N3O3.C2HF3O2/c1-3-27(4-2)23(29)17-20-18-25(31-22-8-6-5-7-21(20)22)11-15-28(16-12-25)24(30)19-9-13-26-14-10-19;3-2(4,5)1(6)7/h5-10,13-14,20H,3-4,11-12,15-18H2,1-2H3;(H,6,7). The van der Waals surface area contributed by atoms with E-state index in [1.54, 1.807) is 24.5 Å². The molecule has 1 unspecified atom stereocenters. The maximum Gasteiger partial charge on any atom is 0.490 e. The van der Waals surface area contributed by atoms with Crippen molar-refractivity contribution in [2.24, 2.45) is 0 Å². The first-order valence-corrected chi connectivity index (χ1v) is 12.5. The molecule has 0 aliphatic carbocycles. The second-order valence-corrected chi connectivity index (χ2v) is 9.33. The summed E-state index contributed by atoms with van der Waals surface area (Å²) in [7, 11) is 0. The van der Waals surface area contributed by atoms with Gasteiger partial charge in [-0.25, -0.2) is 4.79 Å². The fourth-order valence-electron chi connectivity index (χ4n) is 4.94. The number of ether oxygens (including phenoxy) is 1. The third-order valence-corrected chi connectivity index (χ3v) is 6.97. The van der Waals surface area contributed by atoms with Crippen molar-refractivity contribution in [3.8, 4) is 5.75 Å². The molecule has 38 heavy (non-hydrogen) atoms. The highest BCUT2D eigenvalue weighted by atomic mass is 19.4. The first-order valence-electron chi connectivity index (χ1n) is 12.5. The minimum absolute atomic E-state index is 0.0433. The molecule has 0 bridgehead atoms. The lowest BCUT2D eigenvalue weighted by molar-refractivity contribution is -0.192. The molecule has 0 saturated carbocycles. The molecule has 206 valence electrons. The fourth-order valence-corrected chi connectivity index (χ4v) is 4.94. The van der Waals surface area contributed by atoms with E-state index in [1.165, 1.54) is 0 Å². The van der Waals surface area contributed by atoms with E-state index >= 15 is 0 Å². The number of carboxylic acid groups (broad SMARTS) is 1. The van der Waals surface area contributed by atoms with Gasteiger partial charge in [0, 0.05) is 69.3 Å². The van der Waals surface area contributed by atoms with Crippen LogP contribution in [0.15, 0.2) is 48.8 Å². The number of carbonyl (C=O) groups excluding carboxylic acids is 2. The lowest BCUT2D eigenvalue weighted by Crippen LogP contribution is -2.52. The summed E-state index contributed by atoms with van der Waals surface area (Å²) in [5.74, 6) is -1.48. The molecule has 1 N–H and O–H groups in total. The lowest BCUT2D eigenvalue weighted by atomic mass is 9.76. The quantitative estimate of drug-likeness (QED) is 0.605. The van der Waals surface area contributed by atoms with Crippen LogP contribution in [0.4, 0.5) is 13.2 Å². The number of aliphatic carboxylic acids is 1. The zero-order valence-electron chi connectivity index (χ0n) is 21.4. The summed E-state index contributed by atoms with van der Waals surface area (Å²) in [5.41, 5.74) is 1.48. The minimum atomic E-state index is -5.08. The largest absolute Gasteiger partial charge is 0.490 e. The molecule has 3 heterocycles. The molecule has 1 atom stereocenters. The van der Waals surface area contributed by atoms with Gasteiger partial charge in [-0.1, -0.05) is 18.2 Å². The summed E-state index contributed by atoms with van der Waals surface area (Å²) in [4.78, 5) is 42.4. The van der Waals surface area contributed by atoms with Crippen LogP contribution in [0, 0.1) is 0 Å². The third-order valence-electron chi connectivity index (χ3n) is 6.97. The second-order valence-electron chi connectivity index (χ2n) is 9.33. The van der Waals surface area contributed by atoms with Crippen molar-refractivity contribution in [1.29, 1.82) is 0 Å². The number of para-hydroxylation sites is 1. The fraction of sp³-hybridized carbons (Fsp3) is 0.481. The van der Waals surface area contributed by atoms with Crippen LogP contribution in [0.25, 0.3) is 0 Å². The number of piperidine rings is 1. The summed E-state index contributed by atoms with van der Waals surface area (Å²) < 4.78 is 38.3. The van der Waals surface area contributed by atoms with Gasteiger partial charge in [0.05, 0.1) is 0 Å². The van der Waals surface area contributed by atoms with Gasteiger partial charge in [0.2, 0.25) is 5.91 Å². The second kappa shape index (κ2) is 12.3. The number of amides is 2. The molecule has 8 nitrogen and oxygen atoms in total. The molecule has 1 fully saturated rings. The number of alkyl halides is 3. The predicted octanol–water partition coefficient (Wildman–Crippen LogP) is 4.51. The van der Waals surface area contributed by atoms with E-state index in [1.807, 2.05) is 41.8 Å². The normalized spacial score (nSPS) is 17.9. The maximum atomic E-state index is 12.9. The van der Waals surface area contributed by atoms with Crippen LogP contribution < -0.4 is 4.74 Å². The summed E-state index contributed by atoms with van der Waals surface area (Å²) in [5, 5.41) is 7.12. The predicted molar refractivity (Wildman–Crippen MR) is 133 cm³/mol. The minimum Gasteiger partial charge on any atom is -0.487 e. The van der Waals surface area contributed by atoms with Crippen molar-refractivity contribution in [3.05, 3.63) is 59.9 Å². The van der Waals surface area contributed by atoms with E-state index in [9.17, 15) is 22.8 Å². The Bertz CT molecular complexity index is 1110. The number of carboxylic acids is 1. The molecule has 11 heteroatoms. The van der Waals surface area contributed by atoms with E-state index in [0.717, 1.165) is 43.7 Å². The SMILES string of the molecule is CCN(CC)C(=O)CC1CC2(CCN(C(=O)c3ccncc3)CC2)Oc2ccccc21.O=C(O)C(F)(F)F. The van der Waals surface area contributed by atoms with Crippen LogP contribution in [0.1, 0.15) is 61.4 Å². The van der Waals surface area contributed by atoms with Gasteiger partial charge in [-0.05, 0) is 44.0 Å². The molecule has 1 aromatic carbocycles. The molecular weight excluding hydrogens is 503 g/mol. The first-order chi connectivity index (χ1) is 18.0. The molecule has 2 aromatic rings. The Morgan fingerprint density at radius 2 is 1.66 bits per heavy atom. The molecule has 1 saturated heterocycles. The van der Waals surface area contributed by atoms with Crippen LogP contribution in [0.2, 0.25) is 0 Å². The zero-order valence-corrected chi connectivity index (χ0v) is 21.4. The van der Waals surface area contributed by atoms with Gasteiger partial charge in [-0.3, -0.25) is 14.6 Å². The number of aromatic nitrogens is 1. The van der Waals surface area contributed by atoms with Crippen LogP contribution in [-0.4, -0.2) is 75.6 Å². The van der Waals surface area contributed by atoms with E-state index in [2.05, 4.69) is 11.1 Å². The number of halogens is 3. The Balaban J connectivity index is 0.000000505. The molecule has 2 amide bonds. The maximum absolute atomic E-state index is 12.9. The summed E-state index contributed by atoms with van der Waals surface area (Å²) >= 11 is 0. The van der Waals surface area contributed by atoms with Crippen molar-refractivity contribution >= 4 is 17.8 Å². The average molecular weight is 536 g/mol. The van der Waals surface area contributed by atoms with Crippen molar-refractivity contribution in [1.82, 2.24) is 14.8 Å². The Morgan fingerprint density at radius 3 is 2.21 bits per heavy atom. The van der Waals surface area contributed by atoms with E-state index < -0.39 is 12.1 Å². The summed E-state index contributed by atoms with van der Waals surface area (Å²) in [6.45, 7) is 6.82. The molecule has 4 rings (SSSR count). The number of carbonyl (C=O) groups is 3. The Labute approximate surface area is 219 Å². The number of rotatable bonds is 5. The van der Waals surface area contributed by atoms with Gasteiger partial charge in [0.15, 0.2) is 0 Å². The lowest BCUT2D eigenvalue weighted by Gasteiger charge is -2.47. The average Bonchev–Trinajstić information content (AvgIpc) is 2.90. The molecule has 0 radical (unpaired) electrons. The molecule has 1 spiro atoms. The summed E-state index contributed by atoms with van der Waals surface area (Å²) in [6.07, 6.45) is 1.08. The van der Waals surface area contributed by atoms with Gasteiger partial charge in [0.1, 0.15) is 11.4 Å². The number of hydrogen-bond donors (Lipinski definition) is 1. The number of nitrogens with zero attached hydrogens (tertiary/aromatic N) is 3. The van der Waals surface area contributed by atoms with Gasteiger partial charge in [-0.2, -0.15) is 13.2 Å². The molecule has 1 aromatic heterocycles. The van der Waals surface area contributed by atoms with Gasteiger partial charge >= 0.3 is 12.1 Å². The van der Waals surface area contributed by atoms with Crippen LogP contribution in [0.5, 0.6) is 5.75 Å². The molecular formula is C27H32F3N3O5. The highest BCUT2D eigenvalue weighted by molar-refractivity contribution is 5.94. The van der Waals surface area contributed by atoms with Crippen LogP contribution >= 0.6 is 0 Å². The van der Waals surface area contributed by atoms with Gasteiger partial charge in [-0.15, -0.1) is 0 Å². The van der Waals surface area contributed by atoms with Gasteiger partial charge in [0.25, 0.3) is 5.91 Å². The van der Waals surface area contributed by atoms with Crippen molar-refractivity contribution in [2.75, 3.05) is 26.2 Å². The Kier molecular flexibility index (Phi) is 9.35. The smallest absolute Gasteiger partial charge is 0.487 e. The Morgan fingerprint density at radius 1 is 1.08 bits per heavy atom. The van der Waals surface area contributed by atoms with Crippen molar-refractivity contribution < 1.29 is 37.4 Å². The van der Waals surface area contributed by atoms with Crippen LogP contribution in [0.3, 0.4) is 0 Å². The van der Waals surface area contributed by atoms with E-state index in [0.29, 0.717) is 25.1 Å². The van der Waals surface area contributed by atoms with Crippen molar-refractivity contribution in [2.45, 2.75) is 57.2 Å². The van der Waals surface area contributed by atoms with Crippen molar-refractivity contribution in [3.63, 3.8) is 0 Å². The number of fused-ring (bicyclic) bond motifs is 1. The monoisotopic (exact) mass is 535 g/mol. The Hall–Kier alpha value is -3.63. The van der Waals surface area contributed by atoms with E-state index in [4.69, 9.17) is 14.6 Å². The molecule has 2 aliphatic heterocycles. The van der Waals surface area contributed by atoms with Gasteiger partial charge < -0.3 is 19.6 Å². The zero-order chi connectivity index (χ0) is 27.9. The highest BCUT2D eigenvalue weighted by Crippen LogP contribution is 2.46. The third kappa shape index (κ3) is 7.02. The van der Waals surface area contributed by atoms with E-state index in [-0.39, 0.29) is 23.3 Å². The number of hydrogen-bond acceptors (Lipinski definition) is 5. The van der Waals surface area contributed by atoms with Crippen LogP contribution in [-0.2, 0) is 9.59 Å². The highest BCUT2D eigenvalue weighted by Gasteiger charge is 2.44. The number of pyridine rings is 1. The first kappa shape index (κ1) is 28.9. The topological polar surface area (TPSA) is 100 Å². The molecule has 2 aliphatic rings. The summed E-state index contributed by atoms with van der Waals surface area (Å²) in [6, 6.07) is 11.6. The number of likely N-dealkylation sites (tertiary alicyclic amines) is 1. The number of benzene rings is 1.